The molecule has 17 heavy (non-hydrogen) atoms. The molecule has 5 heteroatoms. The molecule has 0 atom stereocenters. The van der Waals surface area contributed by atoms with Gasteiger partial charge in [-0.1, -0.05) is 24.3 Å². The van der Waals surface area contributed by atoms with Crippen molar-refractivity contribution < 1.29 is 9.53 Å². The fourth-order valence-electron chi connectivity index (χ4n) is 1.84. The Hall–Kier alpha value is -2.56. The third kappa shape index (κ3) is 1.48. The van der Waals surface area contributed by atoms with Gasteiger partial charge >= 0.3 is 0 Å². The molecule has 0 bridgehead atoms. The van der Waals surface area contributed by atoms with Gasteiger partial charge in [-0.2, -0.15) is 0 Å². The van der Waals surface area contributed by atoms with Crippen molar-refractivity contribution >= 4 is 17.2 Å². The van der Waals surface area contributed by atoms with E-state index in [4.69, 9.17) is 4.74 Å². The lowest BCUT2D eigenvalue weighted by molar-refractivity contribution is -0.120. The van der Waals surface area contributed by atoms with Crippen LogP contribution in [0.5, 0.6) is 5.75 Å². The molecular formula is C12H7N3O2. The summed E-state index contributed by atoms with van der Waals surface area (Å²) in [7, 11) is 0. The van der Waals surface area contributed by atoms with Gasteiger partial charge < -0.3 is 4.74 Å². The van der Waals surface area contributed by atoms with Gasteiger partial charge in [0, 0.05) is 0 Å². The van der Waals surface area contributed by atoms with Crippen LogP contribution in [0.25, 0.3) is 22.2 Å². The highest BCUT2D eigenvalue weighted by molar-refractivity contribution is 5.98. The Morgan fingerprint density at radius 1 is 1.06 bits per heavy atom. The molecule has 1 aromatic carbocycles. The number of carbonyl (C=O) groups excluding carboxylic acids is 1. The van der Waals surface area contributed by atoms with Crippen LogP contribution in [0.1, 0.15) is 0 Å². The maximum Gasteiger partial charge on any atom is 0.298 e. The van der Waals surface area contributed by atoms with E-state index in [9.17, 15) is 4.79 Å². The molecule has 2 aliphatic rings. The Balaban J connectivity index is 2.46. The number of benzene rings is 1. The average Bonchev–Trinajstić information content (AvgIpc) is 2.71. The maximum absolute atomic E-state index is 10.5. The third-order valence-corrected chi connectivity index (χ3v) is 2.54. The SMILES string of the molecule is O=COc1cccc2cccc3nnnc-3c12. The minimum Gasteiger partial charge on any atom is -0.428 e. The number of ether oxygens (including phenoxy) is 1. The molecule has 5 nitrogen and oxygen atoms in total. The molecule has 0 aromatic heterocycles. The number of nitrogens with zero attached hydrogens (tertiary/aromatic N) is 3. The first-order valence-electron chi connectivity index (χ1n) is 5.01. The van der Waals surface area contributed by atoms with E-state index in [1.807, 2.05) is 30.3 Å². The van der Waals surface area contributed by atoms with Crippen LogP contribution < -0.4 is 4.74 Å². The van der Waals surface area contributed by atoms with Gasteiger partial charge in [-0.25, -0.2) is 0 Å². The summed E-state index contributed by atoms with van der Waals surface area (Å²) in [5.74, 6) is 0.459. The van der Waals surface area contributed by atoms with Crippen LogP contribution in [0.15, 0.2) is 36.4 Å². The zero-order chi connectivity index (χ0) is 11.7. The number of fused-ring (bicyclic) bond motifs is 3. The van der Waals surface area contributed by atoms with Crippen molar-refractivity contribution in [2.45, 2.75) is 0 Å². The van der Waals surface area contributed by atoms with Crippen LogP contribution in [0.4, 0.5) is 0 Å². The van der Waals surface area contributed by atoms with E-state index < -0.39 is 0 Å². The highest BCUT2D eigenvalue weighted by Gasteiger charge is 2.13. The molecule has 0 amide bonds. The first kappa shape index (κ1) is 9.65. The zero-order valence-electron chi connectivity index (χ0n) is 8.70. The Labute approximate surface area is 96.4 Å². The van der Waals surface area contributed by atoms with Gasteiger partial charge in [0.25, 0.3) is 6.47 Å². The fraction of sp³-hybridized carbons (Fsp3) is 0. The molecule has 0 saturated heterocycles. The largest absolute Gasteiger partial charge is 0.428 e. The first-order valence-corrected chi connectivity index (χ1v) is 5.01. The molecule has 0 unspecified atom stereocenters. The van der Waals surface area contributed by atoms with Crippen LogP contribution in [0.2, 0.25) is 0 Å². The minimum atomic E-state index is 0.400. The fourth-order valence-corrected chi connectivity index (χ4v) is 1.84. The molecule has 1 heterocycles. The van der Waals surface area contributed by atoms with Crippen LogP contribution in [-0.4, -0.2) is 21.9 Å². The van der Waals surface area contributed by atoms with E-state index in [1.54, 1.807) is 6.07 Å². The van der Waals surface area contributed by atoms with Crippen molar-refractivity contribution in [3.05, 3.63) is 36.4 Å². The van der Waals surface area contributed by atoms with E-state index in [0.29, 0.717) is 23.6 Å². The molecule has 1 aliphatic heterocycles. The van der Waals surface area contributed by atoms with Crippen molar-refractivity contribution in [3.8, 4) is 17.1 Å². The molecule has 82 valence electrons. The summed E-state index contributed by atoms with van der Waals surface area (Å²) in [4.78, 5) is 10.5. The second-order valence-electron chi connectivity index (χ2n) is 3.48. The molecule has 0 fully saturated rings. The Morgan fingerprint density at radius 3 is 2.71 bits per heavy atom. The zero-order valence-corrected chi connectivity index (χ0v) is 8.70. The number of hydrogen-bond donors (Lipinski definition) is 0. The van der Waals surface area contributed by atoms with Crippen molar-refractivity contribution in [3.63, 3.8) is 0 Å². The topological polar surface area (TPSA) is 65.0 Å². The van der Waals surface area contributed by atoms with Gasteiger partial charge in [-0.15, -0.1) is 10.2 Å². The van der Waals surface area contributed by atoms with Crippen molar-refractivity contribution in [2.75, 3.05) is 0 Å². The number of carbonyl (C=O) groups is 1. The molecule has 0 N–H and O–H groups in total. The second kappa shape index (κ2) is 3.79. The standard InChI is InChI=1S/C12H7N3O2/c16-7-17-10-6-2-4-8-3-1-5-9-12(11(8)10)14-15-13-9/h1-7H. The van der Waals surface area contributed by atoms with Crippen LogP contribution in [0, 0.1) is 0 Å². The lowest BCUT2D eigenvalue weighted by atomic mass is 10.1. The van der Waals surface area contributed by atoms with Gasteiger partial charge in [-0.05, 0) is 22.7 Å². The van der Waals surface area contributed by atoms with Crippen LogP contribution in [0.3, 0.4) is 0 Å². The number of aromatic nitrogens is 3. The summed E-state index contributed by atoms with van der Waals surface area (Å²) in [5, 5.41) is 13.2. The number of rotatable bonds is 2. The molecule has 0 saturated carbocycles. The van der Waals surface area contributed by atoms with Crippen molar-refractivity contribution in [1.82, 2.24) is 15.4 Å². The Bertz CT molecular complexity index is 669. The summed E-state index contributed by atoms with van der Waals surface area (Å²) in [6.07, 6.45) is 0. The van der Waals surface area contributed by atoms with E-state index >= 15 is 0 Å². The summed E-state index contributed by atoms with van der Waals surface area (Å²) < 4.78 is 4.96. The normalized spacial score (nSPS) is 10.6. The van der Waals surface area contributed by atoms with Crippen molar-refractivity contribution in [1.29, 1.82) is 0 Å². The summed E-state index contributed by atoms with van der Waals surface area (Å²) >= 11 is 0. The van der Waals surface area contributed by atoms with Gasteiger partial charge in [0.05, 0.1) is 5.39 Å². The predicted octanol–water partition coefficient (Wildman–Crippen LogP) is 1.66. The maximum atomic E-state index is 10.5. The molecule has 1 aliphatic carbocycles. The third-order valence-electron chi connectivity index (χ3n) is 2.54. The molecule has 3 rings (SSSR count). The number of hydrogen-bond acceptors (Lipinski definition) is 5. The Kier molecular flexibility index (Phi) is 2.15. The molecule has 1 aromatic rings. The smallest absolute Gasteiger partial charge is 0.298 e. The first-order chi connectivity index (χ1) is 8.40. The van der Waals surface area contributed by atoms with Crippen molar-refractivity contribution in [2.24, 2.45) is 0 Å². The summed E-state index contributed by atoms with van der Waals surface area (Å²) in [5.41, 5.74) is 1.30. The van der Waals surface area contributed by atoms with Gasteiger partial charge in [0.1, 0.15) is 17.1 Å². The highest BCUT2D eigenvalue weighted by atomic mass is 16.5. The molecule has 0 spiro atoms. The highest BCUT2D eigenvalue weighted by Crippen LogP contribution is 2.32. The van der Waals surface area contributed by atoms with Crippen LogP contribution in [-0.2, 0) is 4.79 Å². The lowest BCUT2D eigenvalue weighted by Crippen LogP contribution is -1.90. The minimum absolute atomic E-state index is 0.400. The average molecular weight is 225 g/mol. The second-order valence-corrected chi connectivity index (χ2v) is 3.48. The molecular weight excluding hydrogens is 218 g/mol. The van der Waals surface area contributed by atoms with Gasteiger partial charge in [0.2, 0.25) is 0 Å². The monoisotopic (exact) mass is 225 g/mol. The van der Waals surface area contributed by atoms with Crippen LogP contribution >= 0.6 is 0 Å². The van der Waals surface area contributed by atoms with Gasteiger partial charge in [0.15, 0.2) is 0 Å². The molecule has 0 radical (unpaired) electrons. The Morgan fingerprint density at radius 2 is 1.88 bits per heavy atom. The summed E-state index contributed by atoms with van der Waals surface area (Å²) in [6.45, 7) is 0.400. The predicted molar refractivity (Wildman–Crippen MR) is 60.6 cm³/mol. The van der Waals surface area contributed by atoms with Gasteiger partial charge in [-0.3, -0.25) is 4.79 Å². The van der Waals surface area contributed by atoms with E-state index in [0.717, 1.165) is 10.8 Å². The van der Waals surface area contributed by atoms with E-state index in [2.05, 4.69) is 15.4 Å². The quantitative estimate of drug-likeness (QED) is 0.620. The lowest BCUT2D eigenvalue weighted by Gasteiger charge is -2.02. The summed E-state index contributed by atoms with van der Waals surface area (Å²) in [6, 6.07) is 11.0. The van der Waals surface area contributed by atoms with E-state index in [1.165, 1.54) is 0 Å². The van der Waals surface area contributed by atoms with E-state index in [-0.39, 0.29) is 0 Å².